The molecule has 9 heteroatoms. The van der Waals surface area contributed by atoms with Crippen molar-refractivity contribution in [2.24, 2.45) is 0 Å². The maximum atomic E-state index is 12.7. The fraction of sp³-hybridized carbons (Fsp3) is 0.476. The maximum Gasteiger partial charge on any atom is 0.303 e. The number of likely N-dealkylation sites (tertiary alicyclic amines) is 1. The second-order valence-electron chi connectivity index (χ2n) is 7.51. The molecule has 0 spiro atoms. The molecule has 3 N–H and O–H groups in total. The van der Waals surface area contributed by atoms with E-state index in [4.69, 9.17) is 4.74 Å². The lowest BCUT2D eigenvalue weighted by molar-refractivity contribution is -0.162. The van der Waals surface area contributed by atoms with E-state index in [0.717, 1.165) is 21.7 Å². The smallest absolute Gasteiger partial charge is 0.303 e. The van der Waals surface area contributed by atoms with E-state index in [1.807, 2.05) is 36.7 Å². The molecule has 2 aromatic rings. The Balaban J connectivity index is 1.60. The molecule has 0 bridgehead atoms. The first kappa shape index (κ1) is 22.4. The number of ether oxygens (including phenoxy) is 1. The predicted molar refractivity (Wildman–Crippen MR) is 112 cm³/mol. The summed E-state index contributed by atoms with van der Waals surface area (Å²) in [5.41, 5.74) is 4.82. The number of amides is 1. The number of aromatic nitrogens is 1. The van der Waals surface area contributed by atoms with Crippen LogP contribution in [0.3, 0.4) is 0 Å². The lowest BCUT2D eigenvalue weighted by Gasteiger charge is -2.31. The van der Waals surface area contributed by atoms with Gasteiger partial charge in [-0.05, 0) is 31.4 Å². The molecular formula is C21H27N3O5S. The van der Waals surface area contributed by atoms with Crippen LogP contribution in [0.2, 0.25) is 0 Å². The number of hydrogen-bond donors (Lipinski definition) is 3. The molecular weight excluding hydrogens is 406 g/mol. The van der Waals surface area contributed by atoms with E-state index in [0.29, 0.717) is 6.54 Å². The highest BCUT2D eigenvalue weighted by molar-refractivity contribution is 7.13. The zero-order valence-corrected chi connectivity index (χ0v) is 18.1. The van der Waals surface area contributed by atoms with Crippen molar-refractivity contribution in [2.45, 2.75) is 58.2 Å². The van der Waals surface area contributed by atoms with Gasteiger partial charge in [-0.15, -0.1) is 11.3 Å². The minimum absolute atomic E-state index is 0.133. The number of nitrogens with zero attached hydrogens (tertiary/aromatic N) is 2. The molecule has 162 valence electrons. The van der Waals surface area contributed by atoms with Gasteiger partial charge in [0.2, 0.25) is 5.91 Å². The summed E-state index contributed by atoms with van der Waals surface area (Å²) in [5.74, 6) is -0.803. The van der Waals surface area contributed by atoms with Crippen LogP contribution in [0.4, 0.5) is 0 Å². The summed E-state index contributed by atoms with van der Waals surface area (Å²) < 4.78 is 5.02. The van der Waals surface area contributed by atoms with Crippen LogP contribution >= 0.6 is 11.3 Å². The highest BCUT2D eigenvalue weighted by Crippen LogP contribution is 2.27. The summed E-state index contributed by atoms with van der Waals surface area (Å²) >= 11 is 1.59. The Morgan fingerprint density at radius 3 is 2.67 bits per heavy atom. The van der Waals surface area contributed by atoms with Crippen molar-refractivity contribution in [2.75, 3.05) is 6.54 Å². The maximum absolute atomic E-state index is 12.7. The molecule has 0 saturated carbocycles. The van der Waals surface area contributed by atoms with Gasteiger partial charge in [0.05, 0.1) is 28.2 Å². The van der Waals surface area contributed by atoms with Gasteiger partial charge >= 0.3 is 5.97 Å². The van der Waals surface area contributed by atoms with Crippen molar-refractivity contribution >= 4 is 23.2 Å². The van der Waals surface area contributed by atoms with Crippen molar-refractivity contribution in [1.82, 2.24) is 15.2 Å². The lowest BCUT2D eigenvalue weighted by atomic mass is 10.1. The summed E-state index contributed by atoms with van der Waals surface area (Å²) in [6, 6.07) is 7.20. The third-order valence-corrected chi connectivity index (χ3v) is 6.14. The number of carbonyl (C=O) groups is 2. The van der Waals surface area contributed by atoms with Crippen LogP contribution in [0.15, 0.2) is 29.8 Å². The first-order valence-corrected chi connectivity index (χ1v) is 10.7. The Hall–Kier alpha value is -2.33. The third kappa shape index (κ3) is 5.23. The second-order valence-corrected chi connectivity index (χ2v) is 8.37. The molecule has 1 aromatic carbocycles. The molecule has 1 aliphatic heterocycles. The molecule has 1 fully saturated rings. The fourth-order valence-electron chi connectivity index (χ4n) is 3.64. The molecule has 1 unspecified atom stereocenters. The normalized spacial score (nSPS) is 21.2. The number of aliphatic hydroxyl groups excluding tert-OH is 2. The first-order chi connectivity index (χ1) is 14.3. The summed E-state index contributed by atoms with van der Waals surface area (Å²) in [6.45, 7) is 5.24. The molecule has 1 aromatic heterocycles. The molecule has 8 nitrogen and oxygen atoms in total. The van der Waals surface area contributed by atoms with E-state index in [1.165, 1.54) is 11.8 Å². The van der Waals surface area contributed by atoms with Crippen LogP contribution in [0.25, 0.3) is 10.4 Å². The Labute approximate surface area is 179 Å². The van der Waals surface area contributed by atoms with E-state index in [-0.39, 0.29) is 18.9 Å². The van der Waals surface area contributed by atoms with Crippen LogP contribution < -0.4 is 5.32 Å². The molecule has 3 rings (SSSR count). The van der Waals surface area contributed by atoms with Gasteiger partial charge < -0.3 is 20.3 Å². The van der Waals surface area contributed by atoms with Crippen LogP contribution in [0.1, 0.15) is 31.5 Å². The van der Waals surface area contributed by atoms with Gasteiger partial charge in [0.1, 0.15) is 12.3 Å². The molecule has 1 aliphatic rings. The molecule has 30 heavy (non-hydrogen) atoms. The number of esters is 1. The molecule has 4 atom stereocenters. The van der Waals surface area contributed by atoms with Gasteiger partial charge in [0.15, 0.2) is 0 Å². The van der Waals surface area contributed by atoms with E-state index in [1.54, 1.807) is 18.3 Å². The molecule has 2 heterocycles. The zero-order valence-electron chi connectivity index (χ0n) is 17.2. The molecule has 0 aliphatic carbocycles. The summed E-state index contributed by atoms with van der Waals surface area (Å²) in [7, 11) is 0. The number of aliphatic hydroxyl groups is 2. The Morgan fingerprint density at radius 1 is 1.37 bits per heavy atom. The average molecular weight is 434 g/mol. The fourth-order valence-corrected chi connectivity index (χ4v) is 4.45. The number of benzene rings is 1. The van der Waals surface area contributed by atoms with E-state index < -0.39 is 30.4 Å². The third-order valence-electron chi connectivity index (χ3n) is 5.16. The SMILES string of the molecule is CC(=O)O[C@@H](C)C(O)N1C[C@H](O)C[C@H]1C(=O)NCc1ccc(-c2scnc2C)cc1. The van der Waals surface area contributed by atoms with Gasteiger partial charge in [0.25, 0.3) is 0 Å². The first-order valence-electron chi connectivity index (χ1n) is 9.82. The van der Waals surface area contributed by atoms with Crippen molar-refractivity contribution in [3.63, 3.8) is 0 Å². The minimum Gasteiger partial charge on any atom is -0.459 e. The number of rotatable bonds is 7. The summed E-state index contributed by atoms with van der Waals surface area (Å²) in [4.78, 5) is 30.7. The van der Waals surface area contributed by atoms with Crippen molar-refractivity contribution in [1.29, 1.82) is 0 Å². The van der Waals surface area contributed by atoms with Crippen LogP contribution in [0.5, 0.6) is 0 Å². The van der Waals surface area contributed by atoms with Gasteiger partial charge in [-0.2, -0.15) is 0 Å². The Bertz CT molecular complexity index is 885. The monoisotopic (exact) mass is 433 g/mol. The Morgan fingerprint density at radius 2 is 2.07 bits per heavy atom. The van der Waals surface area contributed by atoms with Crippen molar-refractivity contribution in [3.05, 3.63) is 41.0 Å². The Kier molecular flexibility index (Phi) is 7.19. The quantitative estimate of drug-likeness (QED) is 0.567. The zero-order chi connectivity index (χ0) is 21.8. The van der Waals surface area contributed by atoms with E-state index in [9.17, 15) is 19.8 Å². The highest BCUT2D eigenvalue weighted by Gasteiger charge is 2.41. The molecule has 1 saturated heterocycles. The van der Waals surface area contributed by atoms with Crippen LogP contribution in [-0.4, -0.2) is 63.0 Å². The highest BCUT2D eigenvalue weighted by atomic mass is 32.1. The number of thiazole rings is 1. The number of nitrogens with one attached hydrogen (secondary N) is 1. The second kappa shape index (κ2) is 9.65. The van der Waals surface area contributed by atoms with Gasteiger partial charge in [0, 0.05) is 20.0 Å². The number of hydrogen-bond acceptors (Lipinski definition) is 8. The van der Waals surface area contributed by atoms with E-state index >= 15 is 0 Å². The number of β-amino-alcohol motifs (C(OH)–C–C–N with tert-alkyl or cyclic N) is 1. The molecule has 0 radical (unpaired) electrons. The summed E-state index contributed by atoms with van der Waals surface area (Å²) in [6.07, 6.45) is -2.52. The number of aryl methyl sites for hydroxylation is 1. The van der Waals surface area contributed by atoms with Crippen molar-refractivity contribution in [3.8, 4) is 10.4 Å². The van der Waals surface area contributed by atoms with Gasteiger partial charge in [-0.1, -0.05) is 24.3 Å². The standard InChI is InChI=1S/C21H27N3O5S/c1-12-19(30-11-23-12)16-6-4-15(5-7-16)9-22-20(27)18-8-17(26)10-24(18)21(28)13(2)29-14(3)25/h4-7,11,13,17-18,21,26,28H,8-10H2,1-3H3,(H,22,27)/t13-,17+,18-,21?/m0/s1. The van der Waals surface area contributed by atoms with E-state index in [2.05, 4.69) is 10.3 Å². The minimum atomic E-state index is -1.18. The van der Waals surface area contributed by atoms with Crippen LogP contribution in [0, 0.1) is 6.92 Å². The topological polar surface area (TPSA) is 112 Å². The molecule has 1 amide bonds. The van der Waals surface area contributed by atoms with Crippen molar-refractivity contribution < 1.29 is 24.5 Å². The van der Waals surface area contributed by atoms with Crippen LogP contribution in [-0.2, 0) is 20.9 Å². The number of carbonyl (C=O) groups excluding carboxylic acids is 2. The predicted octanol–water partition coefficient (Wildman–Crippen LogP) is 1.44. The largest absolute Gasteiger partial charge is 0.459 e. The lowest BCUT2D eigenvalue weighted by Crippen LogP contribution is -2.51. The van der Waals surface area contributed by atoms with Gasteiger partial charge in [-0.3, -0.25) is 14.5 Å². The average Bonchev–Trinajstić information content (AvgIpc) is 3.31. The van der Waals surface area contributed by atoms with Gasteiger partial charge in [-0.25, -0.2) is 4.98 Å². The summed E-state index contributed by atoms with van der Waals surface area (Å²) in [5, 5.41) is 23.4.